The van der Waals surface area contributed by atoms with Gasteiger partial charge in [0, 0.05) is 36.8 Å². The summed E-state index contributed by atoms with van der Waals surface area (Å²) in [6.45, 7) is 0.179. The molecule has 0 aliphatic heterocycles. The van der Waals surface area contributed by atoms with Crippen LogP contribution in [0.3, 0.4) is 0 Å². The molecule has 0 bridgehead atoms. The summed E-state index contributed by atoms with van der Waals surface area (Å²) in [6.07, 6.45) is 6.45. The highest BCUT2D eigenvalue weighted by Crippen LogP contribution is 2.29. The summed E-state index contributed by atoms with van der Waals surface area (Å²) in [5.74, 6) is -1.23. The molecule has 0 saturated heterocycles. The van der Waals surface area contributed by atoms with Gasteiger partial charge in [-0.1, -0.05) is 24.3 Å². The normalized spacial score (nSPS) is 13.5. The van der Waals surface area contributed by atoms with Gasteiger partial charge in [0.1, 0.15) is 11.6 Å². The molecule has 1 aliphatic carbocycles. The zero-order valence-electron chi connectivity index (χ0n) is 15.4. The summed E-state index contributed by atoms with van der Waals surface area (Å²) in [7, 11) is 0. The standard InChI is InChI=1S/C22H21F2N3O/c23-18-8-7-17(21(24)12-18)15-26(19-9-10-19)22(28)11-6-16-13-25-27(14-16)20-4-2-1-3-5-20/h1-5,7-8,12-14,19H,6,9-11,15H2. The van der Waals surface area contributed by atoms with E-state index in [4.69, 9.17) is 0 Å². The van der Waals surface area contributed by atoms with Crippen LogP contribution in [0.4, 0.5) is 8.78 Å². The topological polar surface area (TPSA) is 38.1 Å². The third-order valence-electron chi connectivity index (χ3n) is 4.95. The van der Waals surface area contributed by atoms with Crippen molar-refractivity contribution < 1.29 is 13.6 Å². The average Bonchev–Trinajstić information content (AvgIpc) is 3.43. The molecule has 1 amide bonds. The van der Waals surface area contributed by atoms with Gasteiger partial charge in [-0.15, -0.1) is 0 Å². The van der Waals surface area contributed by atoms with Gasteiger partial charge in [-0.05, 0) is 43.0 Å². The van der Waals surface area contributed by atoms with E-state index in [1.807, 2.05) is 36.5 Å². The minimum absolute atomic E-state index is 0.0151. The smallest absolute Gasteiger partial charge is 0.223 e. The minimum atomic E-state index is -0.610. The van der Waals surface area contributed by atoms with Crippen LogP contribution >= 0.6 is 0 Å². The van der Waals surface area contributed by atoms with E-state index in [0.717, 1.165) is 30.2 Å². The lowest BCUT2D eigenvalue weighted by molar-refractivity contribution is -0.132. The Kier molecular flexibility index (Phi) is 5.19. The zero-order chi connectivity index (χ0) is 19.5. The number of rotatable bonds is 7. The highest BCUT2D eigenvalue weighted by molar-refractivity contribution is 5.77. The molecule has 4 rings (SSSR count). The van der Waals surface area contributed by atoms with E-state index in [1.165, 1.54) is 12.1 Å². The molecule has 0 radical (unpaired) electrons. The molecule has 28 heavy (non-hydrogen) atoms. The molecule has 2 aromatic carbocycles. The molecule has 6 heteroatoms. The fourth-order valence-corrected chi connectivity index (χ4v) is 3.25. The lowest BCUT2D eigenvalue weighted by Gasteiger charge is -2.23. The first-order valence-corrected chi connectivity index (χ1v) is 9.42. The molecule has 0 spiro atoms. The molecule has 1 aliphatic rings. The van der Waals surface area contributed by atoms with Crippen LogP contribution in [-0.2, 0) is 17.8 Å². The molecule has 0 atom stereocenters. The van der Waals surface area contributed by atoms with Gasteiger partial charge >= 0.3 is 0 Å². The first-order valence-electron chi connectivity index (χ1n) is 9.42. The Morgan fingerprint density at radius 3 is 2.64 bits per heavy atom. The molecular formula is C22H21F2N3O. The third kappa shape index (κ3) is 4.27. The highest BCUT2D eigenvalue weighted by Gasteiger charge is 2.32. The molecule has 0 unspecified atom stereocenters. The van der Waals surface area contributed by atoms with Crippen molar-refractivity contribution in [3.05, 3.63) is 83.7 Å². The average molecular weight is 381 g/mol. The van der Waals surface area contributed by atoms with Crippen molar-refractivity contribution in [3.8, 4) is 5.69 Å². The first kappa shape index (κ1) is 18.3. The Morgan fingerprint density at radius 1 is 1.14 bits per heavy atom. The maximum atomic E-state index is 14.0. The van der Waals surface area contributed by atoms with Crippen molar-refractivity contribution in [2.24, 2.45) is 0 Å². The van der Waals surface area contributed by atoms with E-state index in [9.17, 15) is 13.6 Å². The zero-order valence-corrected chi connectivity index (χ0v) is 15.4. The van der Waals surface area contributed by atoms with E-state index < -0.39 is 11.6 Å². The van der Waals surface area contributed by atoms with Crippen LogP contribution in [0.25, 0.3) is 5.69 Å². The van der Waals surface area contributed by atoms with Crippen LogP contribution < -0.4 is 0 Å². The molecule has 144 valence electrons. The van der Waals surface area contributed by atoms with Gasteiger partial charge in [-0.25, -0.2) is 13.5 Å². The van der Waals surface area contributed by atoms with Crippen LogP contribution in [0, 0.1) is 11.6 Å². The number of aryl methyl sites for hydroxylation is 1. The van der Waals surface area contributed by atoms with Crippen LogP contribution in [0.1, 0.15) is 30.4 Å². The van der Waals surface area contributed by atoms with Crippen LogP contribution in [0.15, 0.2) is 60.9 Å². The monoisotopic (exact) mass is 381 g/mol. The number of para-hydroxylation sites is 1. The quantitative estimate of drug-likeness (QED) is 0.613. The minimum Gasteiger partial charge on any atom is -0.335 e. The molecule has 3 aromatic rings. The largest absolute Gasteiger partial charge is 0.335 e. The van der Waals surface area contributed by atoms with E-state index in [2.05, 4.69) is 5.10 Å². The predicted octanol–water partition coefficient (Wildman–Crippen LogP) is 4.27. The Balaban J connectivity index is 1.39. The van der Waals surface area contributed by atoms with Gasteiger partial charge < -0.3 is 4.90 Å². The number of nitrogens with zero attached hydrogens (tertiary/aromatic N) is 3. The second-order valence-corrected chi connectivity index (χ2v) is 7.12. The second-order valence-electron chi connectivity index (χ2n) is 7.12. The molecule has 1 fully saturated rings. The number of aromatic nitrogens is 2. The number of benzene rings is 2. The lowest BCUT2D eigenvalue weighted by atomic mass is 10.1. The Hall–Kier alpha value is -3.02. The number of carbonyl (C=O) groups excluding carboxylic acids is 1. The summed E-state index contributed by atoms with van der Waals surface area (Å²) in [5, 5.41) is 4.35. The molecule has 1 heterocycles. The summed E-state index contributed by atoms with van der Waals surface area (Å²) in [5.41, 5.74) is 2.28. The number of amides is 1. The number of hydrogen-bond acceptors (Lipinski definition) is 2. The molecule has 1 aromatic heterocycles. The van der Waals surface area contributed by atoms with Crippen molar-refractivity contribution in [2.75, 3.05) is 0 Å². The van der Waals surface area contributed by atoms with Crippen molar-refractivity contribution in [1.29, 1.82) is 0 Å². The Labute approximate surface area is 162 Å². The van der Waals surface area contributed by atoms with Gasteiger partial charge in [-0.2, -0.15) is 5.10 Å². The number of carbonyl (C=O) groups is 1. The van der Waals surface area contributed by atoms with Crippen LogP contribution in [0.2, 0.25) is 0 Å². The van der Waals surface area contributed by atoms with Crippen LogP contribution in [-0.4, -0.2) is 26.6 Å². The first-order chi connectivity index (χ1) is 13.6. The Morgan fingerprint density at radius 2 is 1.93 bits per heavy atom. The molecule has 1 saturated carbocycles. The molecule has 4 nitrogen and oxygen atoms in total. The predicted molar refractivity (Wildman–Crippen MR) is 102 cm³/mol. The second kappa shape index (κ2) is 7.92. The van der Waals surface area contributed by atoms with Crippen LogP contribution in [0.5, 0.6) is 0 Å². The van der Waals surface area contributed by atoms with Crippen molar-refractivity contribution >= 4 is 5.91 Å². The molecule has 0 N–H and O–H groups in total. The van der Waals surface area contributed by atoms with Crippen molar-refractivity contribution in [3.63, 3.8) is 0 Å². The SMILES string of the molecule is O=C(CCc1cnn(-c2ccccc2)c1)N(Cc1ccc(F)cc1F)C1CC1. The number of hydrogen-bond donors (Lipinski definition) is 0. The van der Waals surface area contributed by atoms with Crippen molar-refractivity contribution in [1.82, 2.24) is 14.7 Å². The third-order valence-corrected chi connectivity index (χ3v) is 4.95. The maximum Gasteiger partial charge on any atom is 0.223 e. The fourth-order valence-electron chi connectivity index (χ4n) is 3.25. The molecular weight excluding hydrogens is 360 g/mol. The van der Waals surface area contributed by atoms with Gasteiger partial charge in [0.05, 0.1) is 11.9 Å². The van der Waals surface area contributed by atoms with E-state index in [-0.39, 0.29) is 18.5 Å². The summed E-state index contributed by atoms with van der Waals surface area (Å²) < 4.78 is 28.9. The van der Waals surface area contributed by atoms with Gasteiger partial charge in [-0.3, -0.25) is 4.79 Å². The van der Waals surface area contributed by atoms with E-state index >= 15 is 0 Å². The fraction of sp³-hybridized carbons (Fsp3) is 0.273. The van der Waals surface area contributed by atoms with Gasteiger partial charge in [0.2, 0.25) is 5.91 Å². The highest BCUT2D eigenvalue weighted by atomic mass is 19.1. The van der Waals surface area contributed by atoms with Crippen molar-refractivity contribution in [2.45, 2.75) is 38.3 Å². The van der Waals surface area contributed by atoms with E-state index in [0.29, 0.717) is 18.4 Å². The lowest BCUT2D eigenvalue weighted by Crippen LogP contribution is -2.33. The number of halogens is 2. The van der Waals surface area contributed by atoms with E-state index in [1.54, 1.807) is 15.8 Å². The Bertz CT molecular complexity index is 967. The van der Waals surface area contributed by atoms with Gasteiger partial charge in [0.15, 0.2) is 0 Å². The summed E-state index contributed by atoms with van der Waals surface area (Å²) in [4.78, 5) is 14.5. The summed E-state index contributed by atoms with van der Waals surface area (Å²) >= 11 is 0. The maximum absolute atomic E-state index is 14.0. The summed E-state index contributed by atoms with van der Waals surface area (Å²) in [6, 6.07) is 13.4. The van der Waals surface area contributed by atoms with Gasteiger partial charge in [0.25, 0.3) is 0 Å².